The lowest BCUT2D eigenvalue weighted by Crippen LogP contribution is -2.22. The van der Waals surface area contributed by atoms with Crippen LogP contribution in [0.5, 0.6) is 0 Å². The topological polar surface area (TPSA) is 79.2 Å². The Morgan fingerprint density at radius 2 is 1.93 bits per heavy atom. The molecule has 0 aromatic heterocycles. The quantitative estimate of drug-likeness (QED) is 0.735. The molecule has 0 aliphatic heterocycles. The van der Waals surface area contributed by atoms with E-state index in [2.05, 4.69) is 4.84 Å². The fourth-order valence-electron chi connectivity index (χ4n) is 0.866. The number of nitrogens with one attached hydrogen (secondary N) is 1. The molecule has 0 saturated heterocycles. The Kier molecular flexibility index (Phi) is 3.19. The van der Waals surface area contributed by atoms with Crippen LogP contribution in [0.2, 0.25) is 0 Å². The lowest BCUT2D eigenvalue weighted by atomic mass is 10.2. The van der Waals surface area contributed by atoms with Gasteiger partial charge in [0.25, 0.3) is 10.0 Å². The molecule has 1 N–H and O–H groups in total. The number of sulfonamides is 1. The van der Waals surface area contributed by atoms with Gasteiger partial charge >= 0.3 is 0 Å². The maximum Gasteiger partial charge on any atom is 0.262 e. The first-order chi connectivity index (χ1) is 6.60. The zero-order chi connectivity index (χ0) is 10.6. The highest BCUT2D eigenvalue weighted by Crippen LogP contribution is 2.09. The predicted octanol–water partition coefficient (Wildman–Crippen LogP) is 0.398. The Morgan fingerprint density at radius 3 is 2.36 bits per heavy atom. The van der Waals surface area contributed by atoms with E-state index >= 15 is 0 Å². The van der Waals surface area contributed by atoms with Crippen molar-refractivity contribution in [2.24, 2.45) is 0 Å². The third-order valence-corrected chi connectivity index (χ3v) is 2.77. The van der Waals surface area contributed by atoms with Gasteiger partial charge in [-0.2, -0.15) is 5.26 Å². The molecule has 0 unspecified atom stereocenters. The Bertz CT molecular complexity index is 444. The first-order valence-electron chi connectivity index (χ1n) is 3.65. The third-order valence-electron chi connectivity index (χ3n) is 1.49. The molecule has 74 valence electrons. The first kappa shape index (κ1) is 10.7. The number of rotatable bonds is 3. The van der Waals surface area contributed by atoms with Crippen LogP contribution in [0.3, 0.4) is 0 Å². The van der Waals surface area contributed by atoms with Crippen molar-refractivity contribution >= 4 is 10.0 Å². The van der Waals surface area contributed by atoms with Gasteiger partial charge in [0.1, 0.15) is 0 Å². The molecule has 0 atom stereocenters. The number of hydrogen-bond acceptors (Lipinski definition) is 4. The average molecular weight is 212 g/mol. The van der Waals surface area contributed by atoms with E-state index in [1.165, 1.54) is 31.4 Å². The second-order valence-corrected chi connectivity index (χ2v) is 4.07. The molecular formula is C8H8N2O3S. The molecule has 0 heterocycles. The van der Waals surface area contributed by atoms with E-state index in [1.807, 2.05) is 11.0 Å². The lowest BCUT2D eigenvalue weighted by molar-refractivity contribution is 0.153. The molecule has 0 saturated carbocycles. The van der Waals surface area contributed by atoms with Crippen molar-refractivity contribution < 1.29 is 13.3 Å². The van der Waals surface area contributed by atoms with Crippen molar-refractivity contribution in [2.45, 2.75) is 4.90 Å². The molecule has 5 nitrogen and oxygen atoms in total. The standard InChI is InChI=1S/C8H8N2O3S/c1-13-10-14(11,12)8-4-2-7(6-9)3-5-8/h2-5,10H,1H3. The van der Waals surface area contributed by atoms with Crippen LogP contribution in [0.1, 0.15) is 5.56 Å². The van der Waals surface area contributed by atoms with Crippen LogP contribution in [-0.2, 0) is 14.9 Å². The van der Waals surface area contributed by atoms with Crippen LogP contribution in [-0.4, -0.2) is 15.5 Å². The monoisotopic (exact) mass is 212 g/mol. The highest BCUT2D eigenvalue weighted by molar-refractivity contribution is 7.89. The highest BCUT2D eigenvalue weighted by atomic mass is 32.2. The smallest absolute Gasteiger partial charge is 0.262 e. The van der Waals surface area contributed by atoms with E-state index in [4.69, 9.17) is 5.26 Å². The SMILES string of the molecule is CONS(=O)(=O)c1ccc(C#N)cc1. The fourth-order valence-corrected chi connectivity index (χ4v) is 1.68. The van der Waals surface area contributed by atoms with Crippen LogP contribution in [0, 0.1) is 11.3 Å². The summed E-state index contributed by atoms with van der Waals surface area (Å²) in [6.45, 7) is 0. The molecular weight excluding hydrogens is 204 g/mol. The van der Waals surface area contributed by atoms with Crippen LogP contribution >= 0.6 is 0 Å². The molecule has 0 bridgehead atoms. The molecule has 0 aliphatic carbocycles. The van der Waals surface area contributed by atoms with Crippen LogP contribution in [0.25, 0.3) is 0 Å². The Hall–Kier alpha value is -1.42. The average Bonchev–Trinajstić information content (AvgIpc) is 2.18. The van der Waals surface area contributed by atoms with Gasteiger partial charge in [0, 0.05) is 0 Å². The summed E-state index contributed by atoms with van der Waals surface area (Å²) in [6, 6.07) is 7.40. The van der Waals surface area contributed by atoms with Crippen molar-refractivity contribution in [1.82, 2.24) is 4.89 Å². The van der Waals surface area contributed by atoms with Gasteiger partial charge in [0.15, 0.2) is 0 Å². The second-order valence-electron chi connectivity index (χ2n) is 2.43. The maximum atomic E-state index is 11.3. The normalized spacial score (nSPS) is 10.9. The number of nitrogens with zero attached hydrogens (tertiary/aromatic N) is 1. The minimum absolute atomic E-state index is 0.0540. The molecule has 0 spiro atoms. The molecule has 1 rings (SSSR count). The summed E-state index contributed by atoms with van der Waals surface area (Å²) >= 11 is 0. The Balaban J connectivity index is 3.05. The van der Waals surface area contributed by atoms with Crippen LogP contribution in [0.15, 0.2) is 29.2 Å². The highest BCUT2D eigenvalue weighted by Gasteiger charge is 2.12. The molecule has 0 radical (unpaired) electrons. The summed E-state index contributed by atoms with van der Waals surface area (Å²) in [6.07, 6.45) is 0. The number of nitriles is 1. The van der Waals surface area contributed by atoms with Crippen molar-refractivity contribution in [3.8, 4) is 6.07 Å². The minimum atomic E-state index is -3.62. The van der Waals surface area contributed by atoms with Gasteiger partial charge in [-0.1, -0.05) is 4.89 Å². The van der Waals surface area contributed by atoms with Gasteiger partial charge in [-0.25, -0.2) is 8.42 Å². The third kappa shape index (κ3) is 2.29. The molecule has 0 amide bonds. The van der Waals surface area contributed by atoms with Gasteiger partial charge < -0.3 is 0 Å². The van der Waals surface area contributed by atoms with E-state index < -0.39 is 10.0 Å². The maximum absolute atomic E-state index is 11.3. The summed E-state index contributed by atoms with van der Waals surface area (Å²) in [4.78, 5) is 6.23. The van der Waals surface area contributed by atoms with E-state index in [9.17, 15) is 8.42 Å². The zero-order valence-electron chi connectivity index (χ0n) is 7.39. The van der Waals surface area contributed by atoms with Gasteiger partial charge in [-0.3, -0.25) is 4.84 Å². The predicted molar refractivity (Wildman–Crippen MR) is 48.5 cm³/mol. The summed E-state index contributed by atoms with van der Waals surface area (Å²) in [7, 11) is -2.41. The van der Waals surface area contributed by atoms with Crippen molar-refractivity contribution in [3.63, 3.8) is 0 Å². The van der Waals surface area contributed by atoms with Crippen molar-refractivity contribution in [3.05, 3.63) is 29.8 Å². The molecule has 1 aromatic rings. The van der Waals surface area contributed by atoms with E-state index in [1.54, 1.807) is 0 Å². The number of benzene rings is 1. The minimum Gasteiger partial charge on any atom is -0.290 e. The van der Waals surface area contributed by atoms with Gasteiger partial charge in [0.05, 0.1) is 23.6 Å². The summed E-state index contributed by atoms with van der Waals surface area (Å²) in [5.74, 6) is 0. The Morgan fingerprint density at radius 1 is 1.36 bits per heavy atom. The largest absolute Gasteiger partial charge is 0.290 e. The molecule has 0 aliphatic rings. The molecule has 1 aromatic carbocycles. The molecule has 0 fully saturated rings. The zero-order valence-corrected chi connectivity index (χ0v) is 8.21. The fraction of sp³-hybridized carbons (Fsp3) is 0.125. The van der Waals surface area contributed by atoms with E-state index in [0.29, 0.717) is 5.56 Å². The molecule has 14 heavy (non-hydrogen) atoms. The lowest BCUT2D eigenvalue weighted by Gasteiger charge is -2.03. The Labute approximate surface area is 81.9 Å². The van der Waals surface area contributed by atoms with E-state index in [0.717, 1.165) is 0 Å². The summed E-state index contributed by atoms with van der Waals surface area (Å²) in [5.41, 5.74) is 0.404. The van der Waals surface area contributed by atoms with Crippen LogP contribution < -0.4 is 4.89 Å². The van der Waals surface area contributed by atoms with E-state index in [-0.39, 0.29) is 4.90 Å². The second kappa shape index (κ2) is 4.19. The van der Waals surface area contributed by atoms with Crippen LogP contribution in [0.4, 0.5) is 0 Å². The van der Waals surface area contributed by atoms with Gasteiger partial charge in [-0.15, -0.1) is 0 Å². The molecule has 6 heteroatoms. The van der Waals surface area contributed by atoms with Gasteiger partial charge in [-0.05, 0) is 24.3 Å². The number of hydrogen-bond donors (Lipinski definition) is 1. The first-order valence-corrected chi connectivity index (χ1v) is 5.13. The van der Waals surface area contributed by atoms with Crippen molar-refractivity contribution in [2.75, 3.05) is 7.11 Å². The van der Waals surface area contributed by atoms with Gasteiger partial charge in [0.2, 0.25) is 0 Å². The summed E-state index contributed by atoms with van der Waals surface area (Å²) in [5, 5.41) is 8.49. The van der Waals surface area contributed by atoms with Crippen molar-refractivity contribution in [1.29, 1.82) is 5.26 Å². The summed E-state index contributed by atoms with van der Waals surface area (Å²) < 4.78 is 22.6.